The first-order valence-corrected chi connectivity index (χ1v) is 7.00. The molecule has 0 spiro atoms. The van der Waals surface area contributed by atoms with E-state index in [-0.39, 0.29) is 0 Å². The quantitative estimate of drug-likeness (QED) is 0.809. The average Bonchev–Trinajstić information content (AvgIpc) is 2.30. The summed E-state index contributed by atoms with van der Waals surface area (Å²) in [5.74, 6) is 1.47. The van der Waals surface area contributed by atoms with Crippen LogP contribution in [0.1, 0.15) is 32.3 Å². The van der Waals surface area contributed by atoms with Crippen molar-refractivity contribution in [3.8, 4) is 5.75 Å². The van der Waals surface area contributed by atoms with E-state index < -0.39 is 0 Å². The summed E-state index contributed by atoms with van der Waals surface area (Å²) < 4.78 is 6.63. The van der Waals surface area contributed by atoms with Crippen LogP contribution in [0.2, 0.25) is 0 Å². The Kier molecular flexibility index (Phi) is 5.92. The highest BCUT2D eigenvalue weighted by atomic mass is 79.9. The fourth-order valence-corrected chi connectivity index (χ4v) is 2.40. The molecule has 0 aliphatic carbocycles. The molecule has 0 radical (unpaired) electrons. The summed E-state index contributed by atoms with van der Waals surface area (Å²) in [4.78, 5) is 0.392. The summed E-state index contributed by atoms with van der Waals surface area (Å²) in [7, 11) is 0. The van der Waals surface area contributed by atoms with Gasteiger partial charge in [0.25, 0.3) is 0 Å². The van der Waals surface area contributed by atoms with Gasteiger partial charge in [0.1, 0.15) is 10.7 Å². The number of thiocarbonyl (C=S) groups is 1. The number of nitrogens with two attached hydrogens (primary N) is 1. The molecule has 2 nitrogen and oxygen atoms in total. The van der Waals surface area contributed by atoms with Gasteiger partial charge in [-0.05, 0) is 40.0 Å². The Morgan fingerprint density at radius 1 is 1.41 bits per heavy atom. The van der Waals surface area contributed by atoms with E-state index in [0.717, 1.165) is 35.2 Å². The second kappa shape index (κ2) is 6.97. The molecule has 0 unspecified atom stereocenters. The predicted molar refractivity (Wildman–Crippen MR) is 79.6 cm³/mol. The van der Waals surface area contributed by atoms with Crippen LogP contribution < -0.4 is 10.5 Å². The lowest BCUT2D eigenvalue weighted by atomic mass is 10.1. The smallest absolute Gasteiger partial charge is 0.120 e. The average molecular weight is 316 g/mol. The van der Waals surface area contributed by atoms with E-state index in [1.807, 2.05) is 18.2 Å². The number of ether oxygens (including phenoxy) is 1. The Labute approximate surface area is 117 Å². The van der Waals surface area contributed by atoms with Crippen molar-refractivity contribution in [1.29, 1.82) is 0 Å². The topological polar surface area (TPSA) is 35.2 Å². The zero-order chi connectivity index (χ0) is 12.8. The van der Waals surface area contributed by atoms with Crippen LogP contribution in [0.4, 0.5) is 0 Å². The van der Waals surface area contributed by atoms with E-state index in [0.29, 0.717) is 10.9 Å². The minimum atomic E-state index is 0.392. The van der Waals surface area contributed by atoms with Gasteiger partial charge in [-0.3, -0.25) is 0 Å². The van der Waals surface area contributed by atoms with E-state index in [2.05, 4.69) is 29.8 Å². The van der Waals surface area contributed by atoms with E-state index in [1.54, 1.807) is 0 Å². The van der Waals surface area contributed by atoms with Crippen LogP contribution in [-0.2, 0) is 0 Å². The summed E-state index contributed by atoms with van der Waals surface area (Å²) in [5.41, 5.74) is 6.43. The van der Waals surface area contributed by atoms with E-state index >= 15 is 0 Å². The first-order chi connectivity index (χ1) is 8.08. The van der Waals surface area contributed by atoms with Crippen LogP contribution in [0, 0.1) is 5.92 Å². The SMILES string of the molecule is CCC(CC)COc1ccc(C(N)=S)c(Br)c1. The third-order valence-electron chi connectivity index (χ3n) is 2.85. The number of hydrogen-bond acceptors (Lipinski definition) is 2. The van der Waals surface area contributed by atoms with Crippen molar-refractivity contribution in [3.05, 3.63) is 28.2 Å². The number of halogens is 1. The highest BCUT2D eigenvalue weighted by Gasteiger charge is 2.07. The largest absolute Gasteiger partial charge is 0.493 e. The van der Waals surface area contributed by atoms with E-state index in [1.165, 1.54) is 0 Å². The molecule has 0 aliphatic heterocycles. The minimum Gasteiger partial charge on any atom is -0.493 e. The van der Waals surface area contributed by atoms with Crippen LogP contribution in [0.5, 0.6) is 5.75 Å². The van der Waals surface area contributed by atoms with Crippen LogP contribution in [0.15, 0.2) is 22.7 Å². The van der Waals surface area contributed by atoms with Gasteiger partial charge in [-0.15, -0.1) is 0 Å². The zero-order valence-corrected chi connectivity index (χ0v) is 12.6. The normalized spacial score (nSPS) is 10.6. The fourth-order valence-electron chi connectivity index (χ4n) is 1.52. The van der Waals surface area contributed by atoms with E-state index in [4.69, 9.17) is 22.7 Å². The van der Waals surface area contributed by atoms with Gasteiger partial charge in [0.2, 0.25) is 0 Å². The van der Waals surface area contributed by atoms with Gasteiger partial charge in [0.05, 0.1) is 6.61 Å². The fraction of sp³-hybridized carbons (Fsp3) is 0.462. The molecular formula is C13H18BrNOS. The first-order valence-electron chi connectivity index (χ1n) is 5.80. The summed E-state index contributed by atoms with van der Waals surface area (Å²) in [5, 5.41) is 0. The van der Waals surface area contributed by atoms with Gasteiger partial charge in [0.15, 0.2) is 0 Å². The van der Waals surface area contributed by atoms with Gasteiger partial charge in [-0.25, -0.2) is 0 Å². The van der Waals surface area contributed by atoms with Crippen molar-refractivity contribution in [3.63, 3.8) is 0 Å². The molecule has 0 fully saturated rings. The molecule has 0 aromatic heterocycles. The molecular weight excluding hydrogens is 298 g/mol. The Morgan fingerprint density at radius 2 is 2.06 bits per heavy atom. The van der Waals surface area contributed by atoms with Gasteiger partial charge < -0.3 is 10.5 Å². The number of benzene rings is 1. The lowest BCUT2D eigenvalue weighted by molar-refractivity contribution is 0.240. The lowest BCUT2D eigenvalue weighted by Crippen LogP contribution is -2.12. The number of hydrogen-bond donors (Lipinski definition) is 1. The molecule has 94 valence electrons. The molecule has 0 atom stereocenters. The maximum absolute atomic E-state index is 5.75. The summed E-state index contributed by atoms with van der Waals surface area (Å²) in [6.07, 6.45) is 2.28. The first kappa shape index (κ1) is 14.5. The minimum absolute atomic E-state index is 0.392. The Hall–Kier alpha value is -0.610. The summed E-state index contributed by atoms with van der Waals surface area (Å²) in [6, 6.07) is 5.70. The maximum atomic E-state index is 5.75. The van der Waals surface area contributed by atoms with Crippen molar-refractivity contribution >= 4 is 33.1 Å². The molecule has 0 saturated heterocycles. The van der Waals surface area contributed by atoms with Crippen molar-refractivity contribution in [1.82, 2.24) is 0 Å². The highest BCUT2D eigenvalue weighted by molar-refractivity contribution is 9.10. The summed E-state index contributed by atoms with van der Waals surface area (Å²) >= 11 is 8.38. The van der Waals surface area contributed by atoms with Crippen molar-refractivity contribution < 1.29 is 4.74 Å². The maximum Gasteiger partial charge on any atom is 0.120 e. The molecule has 0 saturated carbocycles. The van der Waals surface area contributed by atoms with Gasteiger partial charge in [-0.1, -0.05) is 38.9 Å². The molecule has 1 rings (SSSR count). The highest BCUT2D eigenvalue weighted by Crippen LogP contribution is 2.24. The molecule has 2 N–H and O–H groups in total. The third kappa shape index (κ3) is 4.28. The van der Waals surface area contributed by atoms with Crippen molar-refractivity contribution in [2.75, 3.05) is 6.61 Å². The van der Waals surface area contributed by atoms with Crippen LogP contribution in [0.3, 0.4) is 0 Å². The van der Waals surface area contributed by atoms with Crippen molar-refractivity contribution in [2.24, 2.45) is 11.7 Å². The summed E-state index contributed by atoms with van der Waals surface area (Å²) in [6.45, 7) is 5.12. The van der Waals surface area contributed by atoms with Gasteiger partial charge in [0, 0.05) is 10.0 Å². The van der Waals surface area contributed by atoms with Gasteiger partial charge in [-0.2, -0.15) is 0 Å². The van der Waals surface area contributed by atoms with Crippen LogP contribution >= 0.6 is 28.1 Å². The molecule has 4 heteroatoms. The molecule has 0 bridgehead atoms. The molecule has 0 aliphatic rings. The second-order valence-corrected chi connectivity index (χ2v) is 5.29. The molecule has 17 heavy (non-hydrogen) atoms. The Bertz CT molecular complexity index is 391. The van der Waals surface area contributed by atoms with Crippen molar-refractivity contribution in [2.45, 2.75) is 26.7 Å². The molecule has 1 aromatic carbocycles. The molecule has 0 amide bonds. The Balaban J connectivity index is 2.67. The zero-order valence-electron chi connectivity index (χ0n) is 10.2. The molecule has 1 aromatic rings. The number of rotatable bonds is 6. The van der Waals surface area contributed by atoms with E-state index in [9.17, 15) is 0 Å². The Morgan fingerprint density at radius 3 is 2.53 bits per heavy atom. The standard InChI is InChI=1S/C13H18BrNOS/c1-3-9(4-2)8-16-10-5-6-11(13(15)17)12(14)7-10/h5-7,9H,3-4,8H2,1-2H3,(H2,15,17). The van der Waals surface area contributed by atoms with Gasteiger partial charge >= 0.3 is 0 Å². The third-order valence-corrected chi connectivity index (χ3v) is 3.72. The second-order valence-electron chi connectivity index (χ2n) is 4.00. The monoisotopic (exact) mass is 315 g/mol. The lowest BCUT2D eigenvalue weighted by Gasteiger charge is -2.14. The van der Waals surface area contributed by atoms with Crippen LogP contribution in [-0.4, -0.2) is 11.6 Å². The van der Waals surface area contributed by atoms with Crippen LogP contribution in [0.25, 0.3) is 0 Å². The predicted octanol–water partition coefficient (Wildman–Crippen LogP) is 3.90. The molecule has 0 heterocycles.